The zero-order valence-corrected chi connectivity index (χ0v) is 29.0. The molecule has 4 heterocycles. The lowest BCUT2D eigenvalue weighted by molar-refractivity contribution is -0.118. The van der Waals surface area contributed by atoms with Gasteiger partial charge < -0.3 is 15.5 Å². The Morgan fingerprint density at radius 3 is 2.54 bits per heavy atom. The van der Waals surface area contributed by atoms with Crippen LogP contribution in [0.4, 0.5) is 8.78 Å². The molecular formula is C37H36F2N6O6S. The van der Waals surface area contributed by atoms with Gasteiger partial charge in [0.2, 0.25) is 0 Å². The smallest absolute Gasteiger partial charge is 0.337 e. The van der Waals surface area contributed by atoms with E-state index in [4.69, 9.17) is 4.18 Å². The molecule has 1 atom stereocenters. The van der Waals surface area contributed by atoms with Gasteiger partial charge in [0.1, 0.15) is 23.5 Å². The van der Waals surface area contributed by atoms with E-state index in [1.165, 1.54) is 21.4 Å². The molecule has 1 unspecified atom stereocenters. The van der Waals surface area contributed by atoms with Crippen molar-refractivity contribution >= 4 is 27.1 Å². The predicted octanol–water partition coefficient (Wildman–Crippen LogP) is 4.32. The molecule has 0 bridgehead atoms. The van der Waals surface area contributed by atoms with E-state index in [1.807, 2.05) is 30.3 Å². The molecule has 52 heavy (non-hydrogen) atoms. The minimum atomic E-state index is -3.49. The molecule has 12 nitrogen and oxygen atoms in total. The first-order valence-electron chi connectivity index (χ1n) is 16.9. The van der Waals surface area contributed by atoms with Gasteiger partial charge in [-0.2, -0.15) is 8.42 Å². The number of benzene rings is 2. The third-order valence-electron chi connectivity index (χ3n) is 9.45. The lowest BCUT2D eigenvalue weighted by Crippen LogP contribution is -2.46. The van der Waals surface area contributed by atoms with Gasteiger partial charge in [-0.1, -0.05) is 36.4 Å². The number of allylic oxidation sites excluding steroid dienone is 2. The fourth-order valence-electron chi connectivity index (χ4n) is 6.91. The average Bonchev–Trinajstić information content (AvgIpc) is 3.55. The molecular weight excluding hydrogens is 695 g/mol. The molecule has 2 N–H and O–H groups in total. The first-order valence-corrected chi connectivity index (χ1v) is 18.7. The number of carbonyl (C=O) groups is 1. The highest BCUT2D eigenvalue weighted by Gasteiger charge is 2.31. The number of aryl methyl sites for hydroxylation is 1. The van der Waals surface area contributed by atoms with E-state index in [1.54, 1.807) is 35.4 Å². The number of aromatic nitrogens is 3. The number of halogens is 2. The van der Waals surface area contributed by atoms with E-state index in [0.717, 1.165) is 35.2 Å². The van der Waals surface area contributed by atoms with Crippen molar-refractivity contribution in [2.75, 3.05) is 12.9 Å². The van der Waals surface area contributed by atoms with Crippen LogP contribution in [0.5, 0.6) is 0 Å². The van der Waals surface area contributed by atoms with Gasteiger partial charge in [-0.05, 0) is 85.6 Å². The van der Waals surface area contributed by atoms with E-state index in [2.05, 4.69) is 15.6 Å². The van der Waals surface area contributed by atoms with Gasteiger partial charge in [-0.3, -0.25) is 18.3 Å². The maximum absolute atomic E-state index is 14.5. The summed E-state index contributed by atoms with van der Waals surface area (Å²) in [6.07, 6.45) is 10.4. The Balaban J connectivity index is 1.11. The van der Waals surface area contributed by atoms with Gasteiger partial charge in [0.25, 0.3) is 21.6 Å². The number of carbonyl (C=O) groups excluding carboxylic acids is 1. The molecule has 3 aliphatic rings. The van der Waals surface area contributed by atoms with Crippen LogP contribution in [0.2, 0.25) is 0 Å². The second-order valence-corrected chi connectivity index (χ2v) is 14.8. The molecule has 15 heteroatoms. The van der Waals surface area contributed by atoms with Crippen molar-refractivity contribution in [1.29, 1.82) is 0 Å². The second kappa shape index (κ2) is 14.3. The third kappa shape index (κ3) is 7.46. The van der Waals surface area contributed by atoms with E-state index in [0.29, 0.717) is 49.9 Å². The van der Waals surface area contributed by atoms with Crippen LogP contribution in [-0.4, -0.2) is 58.4 Å². The molecule has 2 aliphatic heterocycles. The first-order chi connectivity index (χ1) is 24.9. The topological polar surface area (TPSA) is 145 Å². The molecule has 4 aromatic rings. The summed E-state index contributed by atoms with van der Waals surface area (Å²) in [6, 6.07) is 15.3. The van der Waals surface area contributed by atoms with Crippen molar-refractivity contribution in [2.24, 2.45) is 0 Å². The molecule has 0 saturated heterocycles. The van der Waals surface area contributed by atoms with Gasteiger partial charge in [0.05, 0.1) is 30.1 Å². The Hall–Kier alpha value is -5.41. The van der Waals surface area contributed by atoms with Crippen molar-refractivity contribution in [1.82, 2.24) is 29.7 Å². The Morgan fingerprint density at radius 1 is 1.02 bits per heavy atom. The maximum Gasteiger partial charge on any atom is 0.337 e. The SMILES string of the molecule is CS(=O)(=O)OCCCc1ccc(-c2cccc(-n3c(=O)n(C4CCC(NC(=O)C5=CN6C=C(F)C=CC6N5)CC4)c(=O)c4cc(F)cnc43)c2)cc1. The van der Waals surface area contributed by atoms with Crippen LogP contribution < -0.4 is 21.9 Å². The van der Waals surface area contributed by atoms with E-state index in [9.17, 15) is 31.6 Å². The van der Waals surface area contributed by atoms with Crippen molar-refractivity contribution in [3.05, 3.63) is 129 Å². The summed E-state index contributed by atoms with van der Waals surface area (Å²) >= 11 is 0. The average molecular weight is 731 g/mol. The van der Waals surface area contributed by atoms with Crippen molar-refractivity contribution in [2.45, 2.75) is 56.8 Å². The van der Waals surface area contributed by atoms with Crippen LogP contribution in [0.3, 0.4) is 0 Å². The minimum absolute atomic E-state index is 0.0279. The van der Waals surface area contributed by atoms with Gasteiger partial charge in [-0.15, -0.1) is 0 Å². The Labute approximate surface area is 297 Å². The molecule has 0 spiro atoms. The molecule has 1 saturated carbocycles. The normalized spacial score (nSPS) is 19.9. The number of amides is 1. The lowest BCUT2D eigenvalue weighted by Gasteiger charge is -2.30. The number of nitrogens with zero attached hydrogens (tertiary/aromatic N) is 4. The van der Waals surface area contributed by atoms with Crippen molar-refractivity contribution < 1.29 is 26.2 Å². The maximum atomic E-state index is 14.5. The van der Waals surface area contributed by atoms with Crippen LogP contribution in [0, 0.1) is 5.82 Å². The zero-order chi connectivity index (χ0) is 36.6. The first kappa shape index (κ1) is 35.0. The number of pyridine rings is 1. The number of rotatable bonds is 10. The number of fused-ring (bicyclic) bond motifs is 2. The Bertz CT molecular complexity index is 2360. The van der Waals surface area contributed by atoms with Crippen LogP contribution in [0.25, 0.3) is 27.8 Å². The summed E-state index contributed by atoms with van der Waals surface area (Å²) < 4.78 is 57.9. The quantitative estimate of drug-likeness (QED) is 0.180. The van der Waals surface area contributed by atoms with Crippen molar-refractivity contribution in [3.8, 4) is 16.8 Å². The van der Waals surface area contributed by atoms with Crippen LogP contribution >= 0.6 is 0 Å². The summed E-state index contributed by atoms with van der Waals surface area (Å²) in [5.41, 5.74) is 2.22. The van der Waals surface area contributed by atoms with Crippen LogP contribution in [0.15, 0.2) is 106 Å². The number of hydrogen-bond donors (Lipinski definition) is 2. The molecule has 7 rings (SSSR count). The zero-order valence-electron chi connectivity index (χ0n) is 28.2. The molecule has 0 radical (unpaired) electrons. The second-order valence-electron chi connectivity index (χ2n) is 13.1. The number of hydrogen-bond acceptors (Lipinski definition) is 9. The van der Waals surface area contributed by atoms with Gasteiger partial charge in [0, 0.05) is 24.5 Å². The highest BCUT2D eigenvalue weighted by molar-refractivity contribution is 7.85. The van der Waals surface area contributed by atoms with Crippen LogP contribution in [0.1, 0.15) is 43.7 Å². The van der Waals surface area contributed by atoms with Crippen LogP contribution in [-0.2, 0) is 25.5 Å². The summed E-state index contributed by atoms with van der Waals surface area (Å²) in [4.78, 5) is 46.9. The van der Waals surface area contributed by atoms with Gasteiger partial charge in [0.15, 0.2) is 5.65 Å². The number of nitrogens with one attached hydrogen (secondary N) is 2. The summed E-state index contributed by atoms with van der Waals surface area (Å²) in [6.45, 7) is 0.0966. The largest absolute Gasteiger partial charge is 0.356 e. The molecule has 1 fully saturated rings. The lowest BCUT2D eigenvalue weighted by atomic mass is 9.90. The fourth-order valence-corrected chi connectivity index (χ4v) is 7.33. The summed E-state index contributed by atoms with van der Waals surface area (Å²) in [5, 5.41) is 6.04. The molecule has 1 aliphatic carbocycles. The monoisotopic (exact) mass is 730 g/mol. The summed E-state index contributed by atoms with van der Waals surface area (Å²) in [5.74, 6) is -1.45. The van der Waals surface area contributed by atoms with E-state index < -0.39 is 39.1 Å². The molecule has 2 aromatic carbocycles. The van der Waals surface area contributed by atoms with Gasteiger partial charge in [-0.25, -0.2) is 23.1 Å². The fraction of sp³-hybridized carbons (Fsp3) is 0.297. The molecule has 2 aromatic heterocycles. The Morgan fingerprint density at radius 2 is 1.79 bits per heavy atom. The van der Waals surface area contributed by atoms with Gasteiger partial charge >= 0.3 is 5.69 Å². The highest BCUT2D eigenvalue weighted by Crippen LogP contribution is 2.29. The Kier molecular flexibility index (Phi) is 9.63. The molecule has 1 amide bonds. The van der Waals surface area contributed by atoms with Crippen molar-refractivity contribution in [3.63, 3.8) is 0 Å². The highest BCUT2D eigenvalue weighted by atomic mass is 32.2. The third-order valence-corrected chi connectivity index (χ3v) is 10.0. The minimum Gasteiger partial charge on any atom is -0.356 e. The summed E-state index contributed by atoms with van der Waals surface area (Å²) in [7, 11) is -3.49. The van der Waals surface area contributed by atoms with E-state index in [-0.39, 0.29) is 35.8 Å². The predicted molar refractivity (Wildman–Crippen MR) is 191 cm³/mol. The van der Waals surface area contributed by atoms with E-state index >= 15 is 0 Å². The molecule has 270 valence electrons. The standard InChI is InChI=1S/C37H36F2N6O6S/c1-52(49,50)51-17-3-4-23-7-9-24(10-8-23)25-5-2-6-30(18-25)44-34-31(19-27(39)20-40-34)36(47)45(37(44)48)29-14-12-28(13-15-29)41-35(46)32-22-43-21-26(38)11-16-33(43)42-32/h2,5-11,16,18-22,28-29,33,42H,3-4,12-15,17H2,1H3,(H,41,46).